The van der Waals surface area contributed by atoms with Crippen molar-refractivity contribution in [2.45, 2.75) is 96.3 Å². The fraction of sp³-hybridized carbons (Fsp3) is 0.690. The van der Waals surface area contributed by atoms with Crippen LogP contribution >= 0.6 is 0 Å². The Labute approximate surface area is 205 Å². The normalized spacial score (nSPS) is 11.8. The second kappa shape index (κ2) is 25.0. The molecule has 0 rings (SSSR count). The summed E-state index contributed by atoms with van der Waals surface area (Å²) in [6.07, 6.45) is 29.1. The zero-order valence-electron chi connectivity index (χ0n) is 21.8. The molecule has 0 radical (unpaired) electrons. The highest BCUT2D eigenvalue weighted by Crippen LogP contribution is 2.10. The molecule has 0 amide bonds. The number of carbonyl (C=O) groups excluding carboxylic acids is 1. The Kier molecular flexibility index (Phi) is 23.7. The fourth-order valence-electron chi connectivity index (χ4n) is 3.50. The molecular formula is C29H52N2O2. The fourth-order valence-corrected chi connectivity index (χ4v) is 3.50. The lowest BCUT2D eigenvalue weighted by Crippen LogP contribution is -2.30. The van der Waals surface area contributed by atoms with E-state index in [1.54, 1.807) is 0 Å². The van der Waals surface area contributed by atoms with Gasteiger partial charge in [-0.2, -0.15) is 0 Å². The molecule has 0 aromatic carbocycles. The van der Waals surface area contributed by atoms with Gasteiger partial charge in [-0.25, -0.2) is 0 Å². The average molecular weight is 461 g/mol. The van der Waals surface area contributed by atoms with Crippen molar-refractivity contribution in [3.63, 3.8) is 0 Å². The number of rotatable bonds is 24. The Hall–Kier alpha value is -1.65. The monoisotopic (exact) mass is 460 g/mol. The van der Waals surface area contributed by atoms with E-state index in [9.17, 15) is 4.79 Å². The van der Waals surface area contributed by atoms with E-state index in [1.807, 2.05) is 31.3 Å². The van der Waals surface area contributed by atoms with Gasteiger partial charge in [-0.3, -0.25) is 4.79 Å². The van der Waals surface area contributed by atoms with Crippen molar-refractivity contribution in [2.24, 2.45) is 0 Å². The highest BCUT2D eigenvalue weighted by atomic mass is 16.7. The van der Waals surface area contributed by atoms with Crippen LogP contribution in [0.5, 0.6) is 0 Å². The largest absolute Gasteiger partial charge is 0.368 e. The SMILES string of the molecule is C=CC/C=C\CCCCCCCCN(CCCC/C=C/CCC=C)OC(=O)CCCN(C)C. The molecule has 0 aromatic rings. The first kappa shape index (κ1) is 31.4. The number of allylic oxidation sites excluding steroid dienone is 6. The maximum absolute atomic E-state index is 12.3. The third-order valence-electron chi connectivity index (χ3n) is 5.45. The lowest BCUT2D eigenvalue weighted by atomic mass is 10.1. The van der Waals surface area contributed by atoms with Crippen molar-refractivity contribution in [2.75, 3.05) is 33.7 Å². The zero-order chi connectivity index (χ0) is 24.4. The summed E-state index contributed by atoms with van der Waals surface area (Å²) in [6.45, 7) is 10.1. The summed E-state index contributed by atoms with van der Waals surface area (Å²) in [5.41, 5.74) is 0. The molecule has 190 valence electrons. The topological polar surface area (TPSA) is 32.8 Å². The Morgan fingerprint density at radius 3 is 1.91 bits per heavy atom. The van der Waals surface area contributed by atoms with Gasteiger partial charge in [-0.05, 0) is 84.8 Å². The van der Waals surface area contributed by atoms with Crippen molar-refractivity contribution >= 4 is 5.97 Å². The van der Waals surface area contributed by atoms with Crippen molar-refractivity contribution in [3.8, 4) is 0 Å². The average Bonchev–Trinajstić information content (AvgIpc) is 2.78. The van der Waals surface area contributed by atoms with Crippen LogP contribution in [0, 0.1) is 0 Å². The van der Waals surface area contributed by atoms with Crippen LogP contribution in [0.25, 0.3) is 0 Å². The highest BCUT2D eigenvalue weighted by molar-refractivity contribution is 5.68. The molecule has 0 aliphatic heterocycles. The van der Waals surface area contributed by atoms with Gasteiger partial charge >= 0.3 is 5.97 Å². The van der Waals surface area contributed by atoms with Crippen LogP contribution in [-0.2, 0) is 9.63 Å². The van der Waals surface area contributed by atoms with Crippen LogP contribution in [0.15, 0.2) is 49.6 Å². The Morgan fingerprint density at radius 1 is 0.667 bits per heavy atom. The summed E-state index contributed by atoms with van der Waals surface area (Å²) in [5.74, 6) is -0.0920. The van der Waals surface area contributed by atoms with Crippen LogP contribution in [-0.4, -0.2) is 49.7 Å². The summed E-state index contributed by atoms with van der Waals surface area (Å²) in [7, 11) is 4.06. The molecule has 0 N–H and O–H groups in total. The molecule has 4 heteroatoms. The second-order valence-corrected chi connectivity index (χ2v) is 9.04. The van der Waals surface area contributed by atoms with Gasteiger partial charge in [0.15, 0.2) is 0 Å². The number of hydrogen-bond donors (Lipinski definition) is 0. The Bertz CT molecular complexity index is 526. The van der Waals surface area contributed by atoms with Gasteiger partial charge < -0.3 is 9.74 Å². The summed E-state index contributed by atoms with van der Waals surface area (Å²) in [6, 6.07) is 0. The minimum Gasteiger partial charge on any atom is -0.368 e. The first-order valence-electron chi connectivity index (χ1n) is 13.2. The molecule has 33 heavy (non-hydrogen) atoms. The molecule has 0 aromatic heterocycles. The molecular weight excluding hydrogens is 408 g/mol. The van der Waals surface area contributed by atoms with Crippen molar-refractivity contribution in [1.29, 1.82) is 0 Å². The lowest BCUT2D eigenvalue weighted by molar-refractivity contribution is -0.191. The molecule has 0 unspecified atom stereocenters. The number of hydroxylamine groups is 2. The van der Waals surface area contributed by atoms with E-state index in [0.717, 1.165) is 71.0 Å². The summed E-state index contributed by atoms with van der Waals surface area (Å²) in [4.78, 5) is 20.1. The van der Waals surface area contributed by atoms with E-state index in [4.69, 9.17) is 4.84 Å². The molecule has 4 nitrogen and oxygen atoms in total. The van der Waals surface area contributed by atoms with Crippen LogP contribution in [0.1, 0.15) is 96.3 Å². The van der Waals surface area contributed by atoms with Gasteiger partial charge in [-0.1, -0.05) is 62.1 Å². The molecule has 0 heterocycles. The third-order valence-corrected chi connectivity index (χ3v) is 5.45. The minimum absolute atomic E-state index is 0.0920. The molecule has 0 bridgehead atoms. The van der Waals surface area contributed by atoms with E-state index in [-0.39, 0.29) is 5.97 Å². The zero-order valence-corrected chi connectivity index (χ0v) is 21.8. The van der Waals surface area contributed by atoms with Gasteiger partial charge in [0.05, 0.1) is 0 Å². The van der Waals surface area contributed by atoms with Crippen LogP contribution in [0.3, 0.4) is 0 Å². The smallest absolute Gasteiger partial charge is 0.325 e. The van der Waals surface area contributed by atoms with E-state index in [1.165, 1.54) is 38.5 Å². The van der Waals surface area contributed by atoms with Gasteiger partial charge in [0, 0.05) is 19.5 Å². The summed E-state index contributed by atoms with van der Waals surface area (Å²) < 4.78 is 0. The molecule has 0 fully saturated rings. The minimum atomic E-state index is -0.0920. The van der Waals surface area contributed by atoms with Crippen molar-refractivity contribution in [3.05, 3.63) is 49.6 Å². The Balaban J connectivity index is 4.09. The number of unbranched alkanes of at least 4 members (excludes halogenated alkanes) is 9. The lowest BCUT2D eigenvalue weighted by Gasteiger charge is -2.21. The molecule has 0 atom stereocenters. The Morgan fingerprint density at radius 2 is 1.24 bits per heavy atom. The van der Waals surface area contributed by atoms with Gasteiger partial charge in [-0.15, -0.1) is 18.2 Å². The van der Waals surface area contributed by atoms with Crippen LogP contribution < -0.4 is 0 Å². The highest BCUT2D eigenvalue weighted by Gasteiger charge is 2.11. The quantitative estimate of drug-likeness (QED) is 0.0841. The van der Waals surface area contributed by atoms with Crippen LogP contribution in [0.2, 0.25) is 0 Å². The maximum atomic E-state index is 12.3. The molecule has 0 spiro atoms. The van der Waals surface area contributed by atoms with Crippen molar-refractivity contribution in [1.82, 2.24) is 9.96 Å². The first-order valence-corrected chi connectivity index (χ1v) is 13.2. The second-order valence-electron chi connectivity index (χ2n) is 9.04. The van der Waals surface area contributed by atoms with Gasteiger partial charge in [0.2, 0.25) is 0 Å². The van der Waals surface area contributed by atoms with Crippen LogP contribution in [0.4, 0.5) is 0 Å². The van der Waals surface area contributed by atoms with Gasteiger partial charge in [0.25, 0.3) is 0 Å². The molecule has 0 aliphatic carbocycles. The van der Waals surface area contributed by atoms with Crippen molar-refractivity contribution < 1.29 is 9.63 Å². The standard InChI is InChI=1S/C29H52N2O2/c1-5-7-9-11-13-15-16-17-19-21-23-28-31(33-29(32)25-24-26-30(3)4)27-22-20-18-14-12-10-8-6-2/h5-6,9,11-12,14H,1-2,7-8,10,13,15-28H2,3-4H3/b11-9-,14-12+. The third kappa shape index (κ3) is 24.8. The number of nitrogens with zero attached hydrogens (tertiary/aromatic N) is 2. The maximum Gasteiger partial charge on any atom is 0.325 e. The van der Waals surface area contributed by atoms with Gasteiger partial charge in [0.1, 0.15) is 0 Å². The number of hydrogen-bond acceptors (Lipinski definition) is 4. The number of carbonyl (C=O) groups is 1. The molecule has 0 saturated heterocycles. The predicted molar refractivity (Wildman–Crippen MR) is 144 cm³/mol. The predicted octanol–water partition coefficient (Wildman–Crippen LogP) is 7.64. The van der Waals surface area contributed by atoms with E-state index < -0.39 is 0 Å². The van der Waals surface area contributed by atoms with E-state index in [0.29, 0.717) is 6.42 Å². The summed E-state index contributed by atoms with van der Waals surface area (Å²) >= 11 is 0. The molecule has 0 aliphatic rings. The summed E-state index contributed by atoms with van der Waals surface area (Å²) in [5, 5.41) is 1.92. The van der Waals surface area contributed by atoms with E-state index >= 15 is 0 Å². The molecule has 0 saturated carbocycles. The van der Waals surface area contributed by atoms with E-state index in [2.05, 4.69) is 42.4 Å². The first-order chi connectivity index (χ1) is 16.1.